The highest BCUT2D eigenvalue weighted by molar-refractivity contribution is 9.10. The van der Waals surface area contributed by atoms with Crippen LogP contribution in [0.3, 0.4) is 0 Å². The molecule has 0 spiro atoms. The van der Waals surface area contributed by atoms with E-state index < -0.39 is 17.7 Å². The van der Waals surface area contributed by atoms with Crippen molar-refractivity contribution >= 4 is 45.5 Å². The second kappa shape index (κ2) is 5.81. The van der Waals surface area contributed by atoms with Gasteiger partial charge in [0.05, 0.1) is 7.11 Å². The van der Waals surface area contributed by atoms with Gasteiger partial charge in [0.1, 0.15) is 10.6 Å². The maximum absolute atomic E-state index is 11.9. The molecule has 0 amide bonds. The molecule has 1 fully saturated rings. The minimum atomic E-state index is -1.31. The summed E-state index contributed by atoms with van der Waals surface area (Å²) in [5, 5.41) is 9.78. The zero-order valence-corrected chi connectivity index (χ0v) is 14.2. The first-order chi connectivity index (χ1) is 10.2. The van der Waals surface area contributed by atoms with Gasteiger partial charge in [-0.1, -0.05) is 11.6 Å². The summed E-state index contributed by atoms with van der Waals surface area (Å²) in [6.45, 7) is 2.91. The van der Waals surface area contributed by atoms with Gasteiger partial charge in [0.15, 0.2) is 11.5 Å². The summed E-state index contributed by atoms with van der Waals surface area (Å²) in [6.07, 6.45) is 1.25. The van der Waals surface area contributed by atoms with Crippen molar-refractivity contribution in [2.24, 2.45) is 0 Å². The standard InChI is InChI=1S/C14H12BrClO6/c1-14(2)21-12(18)7(13(19)22-14)4-6-5-8(20-3)11(17)10(16)9(6)15/h4-5,17H,1-3H3. The van der Waals surface area contributed by atoms with Crippen LogP contribution in [0.1, 0.15) is 19.4 Å². The zero-order chi connectivity index (χ0) is 16.7. The lowest BCUT2D eigenvalue weighted by Gasteiger charge is -2.29. The van der Waals surface area contributed by atoms with Gasteiger partial charge < -0.3 is 19.3 Å². The Kier molecular flexibility index (Phi) is 4.39. The van der Waals surface area contributed by atoms with Crippen LogP contribution in [0.5, 0.6) is 11.5 Å². The monoisotopic (exact) mass is 390 g/mol. The molecule has 0 atom stereocenters. The van der Waals surface area contributed by atoms with Gasteiger partial charge in [0, 0.05) is 18.3 Å². The number of rotatable bonds is 2. The number of benzene rings is 1. The van der Waals surface area contributed by atoms with Crippen molar-refractivity contribution < 1.29 is 28.9 Å². The van der Waals surface area contributed by atoms with E-state index in [0.29, 0.717) is 10.0 Å². The van der Waals surface area contributed by atoms with Crippen LogP contribution in [-0.2, 0) is 19.1 Å². The number of aromatic hydroxyl groups is 1. The van der Waals surface area contributed by atoms with Crippen LogP contribution >= 0.6 is 27.5 Å². The van der Waals surface area contributed by atoms with Crippen molar-refractivity contribution in [2.45, 2.75) is 19.6 Å². The van der Waals surface area contributed by atoms with Crippen LogP contribution in [0.2, 0.25) is 5.02 Å². The largest absolute Gasteiger partial charge is 0.503 e. The number of hydrogen-bond acceptors (Lipinski definition) is 6. The first-order valence-corrected chi connectivity index (χ1v) is 7.26. The maximum atomic E-state index is 11.9. The number of ether oxygens (including phenoxy) is 3. The van der Waals surface area contributed by atoms with Gasteiger partial charge in [0.25, 0.3) is 5.79 Å². The summed E-state index contributed by atoms with van der Waals surface area (Å²) in [5.41, 5.74) is 0.0621. The lowest BCUT2D eigenvalue weighted by atomic mass is 10.1. The Morgan fingerprint density at radius 2 is 1.86 bits per heavy atom. The van der Waals surface area contributed by atoms with Crippen LogP contribution in [-0.4, -0.2) is 29.9 Å². The predicted octanol–water partition coefficient (Wildman–Crippen LogP) is 3.04. The van der Waals surface area contributed by atoms with Crippen molar-refractivity contribution in [3.8, 4) is 11.5 Å². The molecule has 1 aromatic carbocycles. The number of phenolic OH excluding ortho intramolecular Hbond substituents is 1. The topological polar surface area (TPSA) is 82.1 Å². The van der Waals surface area contributed by atoms with Crippen LogP contribution in [0, 0.1) is 0 Å². The smallest absolute Gasteiger partial charge is 0.348 e. The van der Waals surface area contributed by atoms with Crippen LogP contribution in [0.15, 0.2) is 16.1 Å². The van der Waals surface area contributed by atoms with E-state index in [0.717, 1.165) is 0 Å². The molecule has 22 heavy (non-hydrogen) atoms. The lowest BCUT2D eigenvalue weighted by molar-refractivity contribution is -0.222. The highest BCUT2D eigenvalue weighted by Gasteiger charge is 2.39. The fourth-order valence-corrected chi connectivity index (χ4v) is 2.43. The Balaban J connectivity index is 2.52. The van der Waals surface area contributed by atoms with Gasteiger partial charge in [-0.2, -0.15) is 0 Å². The van der Waals surface area contributed by atoms with Gasteiger partial charge in [-0.15, -0.1) is 0 Å². The third kappa shape index (κ3) is 3.05. The van der Waals surface area contributed by atoms with E-state index in [9.17, 15) is 14.7 Å². The van der Waals surface area contributed by atoms with Gasteiger partial charge >= 0.3 is 11.9 Å². The zero-order valence-electron chi connectivity index (χ0n) is 11.9. The van der Waals surface area contributed by atoms with Crippen LogP contribution < -0.4 is 4.74 Å². The van der Waals surface area contributed by atoms with E-state index in [4.69, 9.17) is 25.8 Å². The number of phenols is 1. The van der Waals surface area contributed by atoms with Gasteiger partial charge in [0.2, 0.25) is 0 Å². The van der Waals surface area contributed by atoms with Gasteiger partial charge in [-0.25, -0.2) is 9.59 Å². The Bertz CT molecular complexity index is 673. The Hall–Kier alpha value is -1.73. The molecular weight excluding hydrogens is 380 g/mol. The van der Waals surface area contributed by atoms with E-state index in [1.54, 1.807) is 0 Å². The number of esters is 2. The first-order valence-electron chi connectivity index (χ1n) is 6.09. The molecule has 0 radical (unpaired) electrons. The SMILES string of the molecule is COc1cc(C=C2C(=O)OC(C)(C)OC2=O)c(Br)c(Cl)c1O. The van der Waals surface area contributed by atoms with Crippen molar-refractivity contribution in [1.82, 2.24) is 0 Å². The lowest BCUT2D eigenvalue weighted by Crippen LogP contribution is -2.41. The van der Waals surface area contributed by atoms with E-state index in [1.807, 2.05) is 0 Å². The van der Waals surface area contributed by atoms with E-state index in [2.05, 4.69) is 15.9 Å². The number of halogens is 2. The van der Waals surface area contributed by atoms with E-state index in [1.165, 1.54) is 33.1 Å². The van der Waals surface area contributed by atoms with Gasteiger partial charge in [-0.05, 0) is 33.6 Å². The minimum absolute atomic E-state index is 0.0101. The molecular formula is C14H12BrClO6. The number of carbonyl (C=O) groups excluding carboxylic acids is 2. The summed E-state index contributed by atoms with van der Waals surface area (Å²) in [4.78, 5) is 23.8. The molecule has 2 rings (SSSR count). The molecule has 1 heterocycles. The Labute approximate surface area is 139 Å². The molecule has 0 unspecified atom stereocenters. The van der Waals surface area contributed by atoms with E-state index >= 15 is 0 Å². The average Bonchev–Trinajstić information content (AvgIpc) is 2.41. The fourth-order valence-electron chi connectivity index (χ4n) is 1.81. The normalized spacial score (nSPS) is 16.9. The maximum Gasteiger partial charge on any atom is 0.348 e. The minimum Gasteiger partial charge on any atom is -0.503 e. The molecule has 0 saturated carbocycles. The van der Waals surface area contributed by atoms with Crippen molar-refractivity contribution in [3.05, 3.63) is 26.7 Å². The van der Waals surface area contributed by atoms with E-state index in [-0.39, 0.29) is 22.1 Å². The molecule has 6 nitrogen and oxygen atoms in total. The Morgan fingerprint density at radius 1 is 1.32 bits per heavy atom. The molecule has 0 aromatic heterocycles. The molecule has 1 aromatic rings. The molecule has 0 bridgehead atoms. The molecule has 1 aliphatic heterocycles. The highest BCUT2D eigenvalue weighted by atomic mass is 79.9. The van der Waals surface area contributed by atoms with Crippen molar-refractivity contribution in [1.29, 1.82) is 0 Å². The summed E-state index contributed by atoms with van der Waals surface area (Å²) in [5.74, 6) is -3.09. The highest BCUT2D eigenvalue weighted by Crippen LogP contribution is 2.42. The molecule has 1 saturated heterocycles. The summed E-state index contributed by atoms with van der Waals surface area (Å²) in [7, 11) is 1.35. The molecule has 8 heteroatoms. The third-order valence-electron chi connectivity index (χ3n) is 2.81. The third-order valence-corrected chi connectivity index (χ3v) is 4.26. The van der Waals surface area contributed by atoms with Crippen LogP contribution in [0.25, 0.3) is 6.08 Å². The first kappa shape index (κ1) is 16.6. The average molecular weight is 392 g/mol. The summed E-state index contributed by atoms with van der Waals surface area (Å²) >= 11 is 9.15. The second-order valence-electron chi connectivity index (χ2n) is 4.88. The Morgan fingerprint density at radius 3 is 2.36 bits per heavy atom. The molecule has 0 aliphatic carbocycles. The predicted molar refractivity (Wildman–Crippen MR) is 81.6 cm³/mol. The molecule has 1 aliphatic rings. The number of cyclic esters (lactones) is 2. The number of methoxy groups -OCH3 is 1. The summed E-state index contributed by atoms with van der Waals surface area (Å²) < 4.78 is 15.3. The van der Waals surface area contributed by atoms with Crippen molar-refractivity contribution in [2.75, 3.05) is 7.11 Å². The quantitative estimate of drug-likeness (QED) is 0.474. The van der Waals surface area contributed by atoms with Crippen molar-refractivity contribution in [3.63, 3.8) is 0 Å². The van der Waals surface area contributed by atoms with Gasteiger partial charge in [-0.3, -0.25) is 0 Å². The van der Waals surface area contributed by atoms with Crippen LogP contribution in [0.4, 0.5) is 0 Å². The molecule has 1 N–H and O–H groups in total. The number of carbonyl (C=O) groups is 2. The second-order valence-corrected chi connectivity index (χ2v) is 6.05. The fraction of sp³-hybridized carbons (Fsp3) is 0.286. The molecule has 118 valence electrons. The number of hydrogen-bond donors (Lipinski definition) is 1. The summed E-state index contributed by atoms with van der Waals surface area (Å²) in [6, 6.07) is 1.42.